The minimum absolute atomic E-state index is 0.118. The average Bonchev–Trinajstić information content (AvgIpc) is 3.07. The molecule has 0 saturated heterocycles. The van der Waals surface area contributed by atoms with Gasteiger partial charge in [0.15, 0.2) is 11.5 Å². The van der Waals surface area contributed by atoms with Crippen LogP contribution in [0.15, 0.2) is 29.4 Å². The van der Waals surface area contributed by atoms with Crippen LogP contribution in [-0.4, -0.2) is 38.7 Å². The van der Waals surface area contributed by atoms with Crippen LogP contribution < -0.4 is 14.2 Å². The van der Waals surface area contributed by atoms with Gasteiger partial charge in [-0.3, -0.25) is 0 Å². The lowest BCUT2D eigenvalue weighted by Crippen LogP contribution is -2.33. The summed E-state index contributed by atoms with van der Waals surface area (Å²) in [5.74, 6) is 0.465. The first-order chi connectivity index (χ1) is 11.9. The molecule has 0 spiro atoms. The molecule has 1 aliphatic heterocycles. The molecule has 0 saturated carbocycles. The van der Waals surface area contributed by atoms with Gasteiger partial charge in [0.25, 0.3) is 0 Å². The van der Waals surface area contributed by atoms with Crippen molar-refractivity contribution < 1.29 is 22.3 Å². The van der Waals surface area contributed by atoms with Gasteiger partial charge in [0.05, 0.1) is 14.2 Å². The maximum Gasteiger partial charge on any atom is 0.243 e. The number of benzene rings is 1. The molecule has 136 valence electrons. The highest BCUT2D eigenvalue weighted by molar-refractivity contribution is 7.89. The first kappa shape index (κ1) is 17.7. The van der Waals surface area contributed by atoms with E-state index in [0.717, 1.165) is 30.9 Å². The van der Waals surface area contributed by atoms with Crippen LogP contribution in [0.1, 0.15) is 12.2 Å². The van der Waals surface area contributed by atoms with Gasteiger partial charge in [-0.25, -0.2) is 22.5 Å². The van der Waals surface area contributed by atoms with Crippen LogP contribution in [0, 0.1) is 11.7 Å². The van der Waals surface area contributed by atoms with Crippen LogP contribution in [0.5, 0.6) is 11.5 Å². The van der Waals surface area contributed by atoms with Crippen LogP contribution in [0.3, 0.4) is 0 Å². The number of nitrogens with zero attached hydrogens (tertiary/aromatic N) is 2. The Morgan fingerprint density at radius 3 is 2.76 bits per heavy atom. The summed E-state index contributed by atoms with van der Waals surface area (Å²) in [6.45, 7) is 1.02. The summed E-state index contributed by atoms with van der Waals surface area (Å²) in [5, 5.41) is 0. The third-order valence-electron chi connectivity index (χ3n) is 4.34. The second kappa shape index (κ2) is 7.01. The molecule has 9 heteroatoms. The molecule has 0 radical (unpaired) electrons. The molecule has 1 atom stereocenters. The summed E-state index contributed by atoms with van der Waals surface area (Å²) in [4.78, 5) is 3.80. The van der Waals surface area contributed by atoms with E-state index in [-0.39, 0.29) is 24.0 Å². The Hall–Kier alpha value is -2.13. The zero-order valence-electron chi connectivity index (χ0n) is 14.0. The van der Waals surface area contributed by atoms with Crippen LogP contribution in [0.2, 0.25) is 0 Å². The zero-order chi connectivity index (χ0) is 18.0. The normalized spacial score (nSPS) is 17.2. The maximum absolute atomic E-state index is 14.2. The molecule has 0 unspecified atom stereocenters. The van der Waals surface area contributed by atoms with Crippen molar-refractivity contribution in [2.24, 2.45) is 5.92 Å². The second-order valence-electron chi connectivity index (χ2n) is 5.89. The van der Waals surface area contributed by atoms with Gasteiger partial charge in [0.2, 0.25) is 10.0 Å². The van der Waals surface area contributed by atoms with Gasteiger partial charge in [-0.05, 0) is 12.3 Å². The molecule has 0 fully saturated rings. The lowest BCUT2D eigenvalue weighted by atomic mass is 9.98. The number of imidazole rings is 1. The van der Waals surface area contributed by atoms with Gasteiger partial charge in [-0.1, -0.05) is 0 Å². The Labute approximate surface area is 145 Å². The summed E-state index contributed by atoms with van der Waals surface area (Å²) in [6, 6.07) is 2.13. The van der Waals surface area contributed by atoms with E-state index >= 15 is 0 Å². The SMILES string of the molecule is COc1cc(F)c(S(=O)(=O)NC[C@@H]2CCn3ccnc3C2)cc1OC. The number of ether oxygens (including phenoxy) is 2. The highest BCUT2D eigenvalue weighted by Crippen LogP contribution is 2.32. The van der Waals surface area contributed by atoms with E-state index in [9.17, 15) is 12.8 Å². The Morgan fingerprint density at radius 2 is 2.04 bits per heavy atom. The van der Waals surface area contributed by atoms with E-state index in [1.54, 1.807) is 6.20 Å². The number of sulfonamides is 1. The standard InChI is InChI=1S/C16H20FN3O4S/c1-23-13-8-12(17)15(9-14(13)24-2)25(21,22)19-10-11-3-5-20-6-4-18-16(20)7-11/h4,6,8-9,11,19H,3,5,7,10H2,1-2H3/t11-/m1/s1. The van der Waals surface area contributed by atoms with Gasteiger partial charge in [-0.2, -0.15) is 0 Å². The number of fused-ring (bicyclic) bond motifs is 1. The third kappa shape index (κ3) is 3.62. The fraction of sp³-hybridized carbons (Fsp3) is 0.438. The van der Waals surface area contributed by atoms with Gasteiger partial charge in [-0.15, -0.1) is 0 Å². The van der Waals surface area contributed by atoms with Gasteiger partial charge in [0.1, 0.15) is 16.5 Å². The van der Waals surface area contributed by atoms with Crippen molar-refractivity contribution in [3.8, 4) is 11.5 Å². The highest BCUT2D eigenvalue weighted by atomic mass is 32.2. The molecule has 25 heavy (non-hydrogen) atoms. The molecular formula is C16H20FN3O4S. The first-order valence-electron chi connectivity index (χ1n) is 7.86. The van der Waals surface area contributed by atoms with Crippen molar-refractivity contribution in [3.63, 3.8) is 0 Å². The Kier molecular flexibility index (Phi) is 4.96. The van der Waals surface area contributed by atoms with Crippen molar-refractivity contribution in [1.29, 1.82) is 0 Å². The summed E-state index contributed by atoms with van der Waals surface area (Å²) in [6.07, 6.45) is 5.17. The fourth-order valence-electron chi connectivity index (χ4n) is 2.94. The van der Waals surface area contributed by atoms with E-state index in [2.05, 4.69) is 14.3 Å². The van der Waals surface area contributed by atoms with E-state index in [0.29, 0.717) is 6.42 Å². The van der Waals surface area contributed by atoms with Crippen molar-refractivity contribution in [2.45, 2.75) is 24.3 Å². The summed E-state index contributed by atoms with van der Waals surface area (Å²) in [7, 11) is -1.28. The zero-order valence-corrected chi connectivity index (χ0v) is 14.8. The molecule has 1 N–H and O–H groups in total. The number of rotatable bonds is 6. The number of halogens is 1. The molecule has 2 heterocycles. The number of hydrogen-bond donors (Lipinski definition) is 1. The summed E-state index contributed by atoms with van der Waals surface area (Å²) < 4.78 is 53.8. The lowest BCUT2D eigenvalue weighted by Gasteiger charge is -2.23. The predicted molar refractivity (Wildman–Crippen MR) is 88.7 cm³/mol. The van der Waals surface area contributed by atoms with Gasteiger partial charge < -0.3 is 14.0 Å². The molecule has 2 aromatic rings. The first-order valence-corrected chi connectivity index (χ1v) is 9.34. The Bertz CT molecular complexity index is 866. The Balaban J connectivity index is 1.74. The van der Waals surface area contributed by atoms with Crippen molar-refractivity contribution >= 4 is 10.0 Å². The van der Waals surface area contributed by atoms with Crippen molar-refractivity contribution in [2.75, 3.05) is 20.8 Å². The summed E-state index contributed by atoms with van der Waals surface area (Å²) >= 11 is 0. The van der Waals surface area contributed by atoms with E-state index in [1.165, 1.54) is 14.2 Å². The maximum atomic E-state index is 14.2. The minimum atomic E-state index is -4.00. The molecule has 1 aromatic heterocycles. The third-order valence-corrected chi connectivity index (χ3v) is 5.78. The van der Waals surface area contributed by atoms with Crippen LogP contribution in [0.4, 0.5) is 4.39 Å². The molecule has 0 amide bonds. The van der Waals surface area contributed by atoms with Gasteiger partial charge in [0, 0.05) is 44.0 Å². The van der Waals surface area contributed by atoms with Crippen LogP contribution in [0.25, 0.3) is 0 Å². The van der Waals surface area contributed by atoms with Crippen LogP contribution >= 0.6 is 0 Å². The number of nitrogens with one attached hydrogen (secondary N) is 1. The van der Waals surface area contributed by atoms with E-state index < -0.39 is 20.7 Å². The monoisotopic (exact) mass is 369 g/mol. The molecule has 1 aromatic carbocycles. The molecular weight excluding hydrogens is 349 g/mol. The molecule has 0 aliphatic carbocycles. The summed E-state index contributed by atoms with van der Waals surface area (Å²) in [5.41, 5.74) is 0. The number of methoxy groups -OCH3 is 2. The van der Waals surface area contributed by atoms with Crippen molar-refractivity contribution in [1.82, 2.24) is 14.3 Å². The fourth-order valence-corrected chi connectivity index (χ4v) is 4.12. The molecule has 0 bridgehead atoms. The molecule has 1 aliphatic rings. The largest absolute Gasteiger partial charge is 0.493 e. The van der Waals surface area contributed by atoms with Gasteiger partial charge >= 0.3 is 0 Å². The molecule has 3 rings (SSSR count). The number of aromatic nitrogens is 2. The van der Waals surface area contributed by atoms with Crippen LogP contribution in [-0.2, 0) is 23.0 Å². The number of aryl methyl sites for hydroxylation is 1. The number of hydrogen-bond acceptors (Lipinski definition) is 5. The Morgan fingerprint density at radius 1 is 1.32 bits per heavy atom. The smallest absolute Gasteiger partial charge is 0.243 e. The minimum Gasteiger partial charge on any atom is -0.493 e. The lowest BCUT2D eigenvalue weighted by molar-refractivity contribution is 0.350. The average molecular weight is 369 g/mol. The van der Waals surface area contributed by atoms with E-state index in [4.69, 9.17) is 9.47 Å². The topological polar surface area (TPSA) is 82.5 Å². The second-order valence-corrected chi connectivity index (χ2v) is 7.62. The van der Waals surface area contributed by atoms with Crippen molar-refractivity contribution in [3.05, 3.63) is 36.2 Å². The quantitative estimate of drug-likeness (QED) is 0.836. The highest BCUT2D eigenvalue weighted by Gasteiger charge is 2.25. The molecule has 7 nitrogen and oxygen atoms in total. The van der Waals surface area contributed by atoms with E-state index in [1.807, 2.05) is 6.20 Å². The predicted octanol–water partition coefficient (Wildman–Crippen LogP) is 1.58.